The molecular weight excluding hydrogens is 256 g/mol. The Balaban J connectivity index is 2.52. The van der Waals surface area contributed by atoms with Gasteiger partial charge in [-0.3, -0.25) is 19.1 Å². The molecule has 1 aliphatic rings. The Morgan fingerprint density at radius 2 is 2.32 bits per heavy atom. The molecule has 19 heavy (non-hydrogen) atoms. The fraction of sp³-hybridized carbons (Fsp3) is 0.500. The average Bonchev–Trinajstić information content (AvgIpc) is 2.78. The van der Waals surface area contributed by atoms with Crippen molar-refractivity contribution >= 4 is 18.1 Å². The molecule has 1 aliphatic heterocycles. The van der Waals surface area contributed by atoms with E-state index in [4.69, 9.17) is 10.5 Å². The summed E-state index contributed by atoms with van der Waals surface area (Å²) in [6.45, 7) is -0.696. The number of anilines is 1. The summed E-state index contributed by atoms with van der Waals surface area (Å²) in [7, 11) is 0. The quantitative estimate of drug-likeness (QED) is 0.533. The van der Waals surface area contributed by atoms with E-state index in [1.165, 1.54) is 15.8 Å². The lowest BCUT2D eigenvalue weighted by atomic mass is 10.3. The van der Waals surface area contributed by atoms with Crippen LogP contribution in [-0.2, 0) is 9.53 Å². The number of nitrogens with zero attached hydrogens (tertiary/aromatic N) is 3. The second kappa shape index (κ2) is 5.34. The summed E-state index contributed by atoms with van der Waals surface area (Å²) in [5.41, 5.74) is 5.10. The third kappa shape index (κ3) is 2.30. The SMILES string of the molecule is NC(=O)c1ncn2c1N(C=O)C[C@H](CO)O[C@@H]2CO. The fourth-order valence-electron chi connectivity index (χ4n) is 1.98. The third-order valence-corrected chi connectivity index (χ3v) is 2.82. The maximum atomic E-state index is 11.3. The fourth-order valence-corrected chi connectivity index (χ4v) is 1.98. The molecule has 2 amide bonds. The minimum atomic E-state index is -0.849. The average molecular weight is 270 g/mol. The first-order valence-corrected chi connectivity index (χ1v) is 5.58. The Hall–Kier alpha value is -1.97. The number of aromatic nitrogens is 2. The van der Waals surface area contributed by atoms with Crippen molar-refractivity contribution in [3.05, 3.63) is 12.0 Å². The molecule has 9 heteroatoms. The summed E-state index contributed by atoms with van der Waals surface area (Å²) in [6.07, 6.45) is 0.221. The molecule has 4 N–H and O–H groups in total. The van der Waals surface area contributed by atoms with Gasteiger partial charge >= 0.3 is 0 Å². The summed E-state index contributed by atoms with van der Waals surface area (Å²) in [5.74, 6) is -0.641. The number of rotatable bonds is 4. The van der Waals surface area contributed by atoms with E-state index in [1.807, 2.05) is 0 Å². The second-order valence-corrected chi connectivity index (χ2v) is 4.02. The van der Waals surface area contributed by atoms with Crippen molar-refractivity contribution in [3.63, 3.8) is 0 Å². The zero-order valence-electron chi connectivity index (χ0n) is 9.97. The van der Waals surface area contributed by atoms with E-state index >= 15 is 0 Å². The van der Waals surface area contributed by atoms with E-state index in [0.717, 1.165) is 0 Å². The highest BCUT2D eigenvalue weighted by Gasteiger charge is 2.32. The largest absolute Gasteiger partial charge is 0.394 e. The van der Waals surface area contributed by atoms with Crippen LogP contribution >= 0.6 is 0 Å². The summed E-state index contributed by atoms with van der Waals surface area (Å²) >= 11 is 0. The van der Waals surface area contributed by atoms with Crippen molar-refractivity contribution in [2.45, 2.75) is 12.3 Å². The van der Waals surface area contributed by atoms with Crippen LogP contribution in [0.2, 0.25) is 0 Å². The maximum Gasteiger partial charge on any atom is 0.271 e. The van der Waals surface area contributed by atoms with Gasteiger partial charge in [-0.1, -0.05) is 0 Å². The molecule has 0 aromatic carbocycles. The van der Waals surface area contributed by atoms with E-state index in [9.17, 15) is 19.8 Å². The van der Waals surface area contributed by atoms with E-state index in [-0.39, 0.29) is 24.7 Å². The van der Waals surface area contributed by atoms with Gasteiger partial charge in [0.05, 0.1) is 26.1 Å². The molecule has 2 heterocycles. The van der Waals surface area contributed by atoms with E-state index in [2.05, 4.69) is 4.98 Å². The molecule has 2 rings (SSSR count). The highest BCUT2D eigenvalue weighted by Crippen LogP contribution is 2.28. The number of aliphatic hydroxyl groups is 2. The maximum absolute atomic E-state index is 11.3. The number of carbonyl (C=O) groups excluding carboxylic acids is 2. The summed E-state index contributed by atoms with van der Waals surface area (Å²) in [4.78, 5) is 27.4. The predicted octanol–water partition coefficient (Wildman–Crippen LogP) is -2.17. The molecule has 0 saturated heterocycles. The Labute approximate surface area is 108 Å². The van der Waals surface area contributed by atoms with Gasteiger partial charge in [-0.05, 0) is 0 Å². The van der Waals surface area contributed by atoms with Gasteiger partial charge in [-0.15, -0.1) is 0 Å². The Bertz CT molecular complexity index is 488. The first kappa shape index (κ1) is 13.5. The molecule has 0 unspecified atom stereocenters. The Morgan fingerprint density at radius 1 is 1.58 bits per heavy atom. The number of amides is 2. The lowest BCUT2D eigenvalue weighted by Crippen LogP contribution is -2.34. The number of imidazole rings is 1. The van der Waals surface area contributed by atoms with Crippen LogP contribution in [0.3, 0.4) is 0 Å². The van der Waals surface area contributed by atoms with E-state index in [0.29, 0.717) is 6.41 Å². The molecule has 0 bridgehead atoms. The molecule has 9 nitrogen and oxygen atoms in total. The van der Waals surface area contributed by atoms with E-state index < -0.39 is 24.8 Å². The van der Waals surface area contributed by atoms with Crippen LogP contribution in [0.5, 0.6) is 0 Å². The minimum Gasteiger partial charge on any atom is -0.394 e. The van der Waals surface area contributed by atoms with Crippen LogP contribution in [0.15, 0.2) is 6.33 Å². The van der Waals surface area contributed by atoms with Gasteiger partial charge in [0.1, 0.15) is 6.10 Å². The number of fused-ring (bicyclic) bond motifs is 1. The molecule has 0 aliphatic carbocycles. The highest BCUT2D eigenvalue weighted by atomic mass is 16.5. The predicted molar refractivity (Wildman–Crippen MR) is 62.2 cm³/mol. The summed E-state index contributed by atoms with van der Waals surface area (Å²) in [6, 6.07) is 0. The molecule has 0 spiro atoms. The minimum absolute atomic E-state index is 0.0302. The molecule has 2 atom stereocenters. The molecule has 0 saturated carbocycles. The molecular formula is C10H14N4O5. The Morgan fingerprint density at radius 3 is 2.84 bits per heavy atom. The van der Waals surface area contributed by atoms with Gasteiger partial charge in [0, 0.05) is 0 Å². The standard InChI is InChI=1S/C10H14N4O5/c11-9(18)8-10-13(5-17)1-6(2-15)19-7(3-16)14(10)4-12-8/h4-7,15-16H,1-3H2,(H2,11,18)/t6-,7-/m1/s1. The second-order valence-electron chi connectivity index (χ2n) is 4.02. The van der Waals surface area contributed by atoms with Gasteiger partial charge in [0.2, 0.25) is 6.41 Å². The van der Waals surface area contributed by atoms with Crippen molar-refractivity contribution in [1.29, 1.82) is 0 Å². The van der Waals surface area contributed by atoms with E-state index in [1.54, 1.807) is 0 Å². The first-order chi connectivity index (χ1) is 9.12. The number of hydrogen-bond acceptors (Lipinski definition) is 6. The van der Waals surface area contributed by atoms with Gasteiger partial charge in [0.25, 0.3) is 5.91 Å². The van der Waals surface area contributed by atoms with Crippen molar-refractivity contribution in [2.75, 3.05) is 24.7 Å². The highest BCUT2D eigenvalue weighted by molar-refractivity contribution is 5.98. The molecule has 104 valence electrons. The smallest absolute Gasteiger partial charge is 0.271 e. The topological polar surface area (TPSA) is 131 Å². The van der Waals surface area contributed by atoms with Gasteiger partial charge < -0.3 is 20.7 Å². The lowest BCUT2D eigenvalue weighted by Gasteiger charge is -2.19. The van der Waals surface area contributed by atoms with Crippen LogP contribution in [0, 0.1) is 0 Å². The van der Waals surface area contributed by atoms with Crippen LogP contribution in [0.1, 0.15) is 16.7 Å². The number of primary amides is 1. The Kier molecular flexibility index (Phi) is 3.79. The van der Waals surface area contributed by atoms with Gasteiger partial charge in [-0.25, -0.2) is 4.98 Å². The number of hydrogen-bond donors (Lipinski definition) is 3. The first-order valence-electron chi connectivity index (χ1n) is 5.58. The van der Waals surface area contributed by atoms with Crippen molar-refractivity contribution in [3.8, 4) is 0 Å². The van der Waals surface area contributed by atoms with Crippen LogP contribution < -0.4 is 10.6 Å². The molecule has 0 fully saturated rings. The molecule has 0 radical (unpaired) electrons. The van der Waals surface area contributed by atoms with Crippen molar-refractivity contribution in [1.82, 2.24) is 9.55 Å². The van der Waals surface area contributed by atoms with Crippen LogP contribution in [0.4, 0.5) is 5.82 Å². The van der Waals surface area contributed by atoms with Crippen molar-refractivity contribution < 1.29 is 24.5 Å². The number of aliphatic hydroxyl groups excluding tert-OH is 2. The molecule has 1 aromatic heterocycles. The monoisotopic (exact) mass is 270 g/mol. The lowest BCUT2D eigenvalue weighted by molar-refractivity contribution is -0.108. The molecule has 1 aromatic rings. The van der Waals surface area contributed by atoms with Crippen LogP contribution in [0.25, 0.3) is 0 Å². The van der Waals surface area contributed by atoms with Gasteiger partial charge in [0.15, 0.2) is 17.7 Å². The number of nitrogens with two attached hydrogens (primary N) is 1. The third-order valence-electron chi connectivity index (χ3n) is 2.82. The van der Waals surface area contributed by atoms with Gasteiger partial charge in [-0.2, -0.15) is 0 Å². The van der Waals surface area contributed by atoms with Crippen molar-refractivity contribution in [2.24, 2.45) is 5.73 Å². The zero-order chi connectivity index (χ0) is 14.0. The number of ether oxygens (including phenoxy) is 1. The van der Waals surface area contributed by atoms with Crippen LogP contribution in [-0.4, -0.2) is 57.9 Å². The normalized spacial score (nSPS) is 22.7. The summed E-state index contributed by atoms with van der Waals surface area (Å²) < 4.78 is 6.77. The zero-order valence-corrected chi connectivity index (χ0v) is 9.97. The summed E-state index contributed by atoms with van der Waals surface area (Å²) in [5, 5.41) is 18.5. The number of carbonyl (C=O) groups is 2.